The van der Waals surface area contributed by atoms with E-state index in [2.05, 4.69) is 45.2 Å². The molecular weight excluding hydrogens is 396 g/mol. The molecule has 0 amide bonds. The molecule has 3 fully saturated rings. The van der Waals surface area contributed by atoms with Gasteiger partial charge in [0.25, 0.3) is 0 Å². The lowest BCUT2D eigenvalue weighted by Gasteiger charge is -2.26. The Morgan fingerprint density at radius 2 is 1.92 bits per heavy atom. The van der Waals surface area contributed by atoms with Gasteiger partial charge in [0.1, 0.15) is 14.0 Å². The number of halogens is 3. The minimum atomic E-state index is -0.988. The molecule has 0 aromatic rings. The third-order valence-corrected chi connectivity index (χ3v) is 7.04. The van der Waals surface area contributed by atoms with E-state index in [4.69, 9.17) is 12.6 Å². The summed E-state index contributed by atoms with van der Waals surface area (Å²) in [7, 11) is 5.59. The fourth-order valence-corrected chi connectivity index (χ4v) is 6.39. The van der Waals surface area contributed by atoms with Crippen LogP contribution in [0.2, 0.25) is 0 Å². The Kier molecular flexibility index (Phi) is 1.90. The van der Waals surface area contributed by atoms with E-state index in [-0.39, 0.29) is 12.9 Å². The number of fused-ring (bicyclic) bond motifs is 3. The van der Waals surface area contributed by atoms with Crippen LogP contribution in [0, 0.1) is 5.92 Å². The number of alkyl halides is 3. The van der Waals surface area contributed by atoms with Crippen LogP contribution in [0.5, 0.6) is 0 Å². The Balaban J connectivity index is 1.99. The third kappa shape index (κ3) is 1.02. The molecule has 2 radical (unpaired) electrons. The van der Waals surface area contributed by atoms with Gasteiger partial charge in [-0.15, -0.1) is 0 Å². The van der Waals surface area contributed by atoms with Crippen LogP contribution < -0.4 is 0 Å². The van der Waals surface area contributed by atoms with Crippen LogP contribution in [-0.2, 0) is 4.74 Å². The molecule has 13 heavy (non-hydrogen) atoms. The maximum absolute atomic E-state index is 13.8. The Morgan fingerprint density at radius 1 is 1.31 bits per heavy atom. The van der Waals surface area contributed by atoms with E-state index in [0.29, 0.717) is 5.92 Å². The summed E-state index contributed by atoms with van der Waals surface area (Å²) in [4.78, 5) is 0. The molecule has 1 nitrogen and oxygen atoms in total. The highest BCUT2D eigenvalue weighted by atomic mass is 127. The molecule has 6 atom stereocenters. The molecule has 2 aliphatic carbocycles. The predicted octanol–water partition coefficient (Wildman–Crippen LogP) is 1.99. The van der Waals surface area contributed by atoms with Gasteiger partial charge >= 0.3 is 0 Å². The zero-order chi connectivity index (χ0) is 9.43. The second-order valence-electron chi connectivity index (χ2n) is 4.34. The van der Waals surface area contributed by atoms with Crippen molar-refractivity contribution in [1.82, 2.24) is 0 Å². The SMILES string of the molecule is [B][C@@H]1O[C@@H]2[C@@]3(I)C[C@H]3C[C@]2(I)[C@H]1F. The van der Waals surface area contributed by atoms with Crippen molar-refractivity contribution in [1.29, 1.82) is 0 Å². The van der Waals surface area contributed by atoms with Gasteiger partial charge in [-0.3, -0.25) is 0 Å². The first kappa shape index (κ1) is 9.63. The van der Waals surface area contributed by atoms with E-state index in [9.17, 15) is 4.39 Å². The van der Waals surface area contributed by atoms with E-state index in [1.165, 1.54) is 6.42 Å². The zero-order valence-corrected chi connectivity index (χ0v) is 11.2. The van der Waals surface area contributed by atoms with Crippen molar-refractivity contribution in [2.75, 3.05) is 0 Å². The lowest BCUT2D eigenvalue weighted by atomic mass is 9.88. The summed E-state index contributed by atoms with van der Waals surface area (Å²) >= 11 is 4.67. The molecule has 3 rings (SSSR count). The Labute approximate surface area is 105 Å². The number of rotatable bonds is 0. The lowest BCUT2D eigenvalue weighted by Crippen LogP contribution is -2.40. The largest absolute Gasteiger partial charge is 0.379 e. The van der Waals surface area contributed by atoms with E-state index in [1.54, 1.807) is 0 Å². The van der Waals surface area contributed by atoms with Crippen molar-refractivity contribution in [3.63, 3.8) is 0 Å². The van der Waals surface area contributed by atoms with Gasteiger partial charge < -0.3 is 4.74 Å². The lowest BCUT2D eigenvalue weighted by molar-refractivity contribution is 0.0747. The average Bonchev–Trinajstić information content (AvgIpc) is 2.56. The highest BCUT2D eigenvalue weighted by Gasteiger charge is 2.76. The Morgan fingerprint density at radius 3 is 2.54 bits per heavy atom. The van der Waals surface area contributed by atoms with E-state index in [0.717, 1.165) is 6.42 Å². The van der Waals surface area contributed by atoms with Gasteiger partial charge in [0, 0.05) is 6.00 Å². The first-order chi connectivity index (χ1) is 5.98. The fraction of sp³-hybridized carbons (Fsp3) is 1.00. The van der Waals surface area contributed by atoms with E-state index >= 15 is 0 Å². The zero-order valence-electron chi connectivity index (χ0n) is 6.84. The molecule has 1 aliphatic heterocycles. The summed E-state index contributed by atoms with van der Waals surface area (Å²) in [5.41, 5.74) is 0. The second kappa shape index (κ2) is 2.56. The maximum Gasteiger partial charge on any atom is 0.135 e. The number of hydrogen-bond acceptors (Lipinski definition) is 1. The van der Waals surface area contributed by atoms with Gasteiger partial charge in [-0.2, -0.15) is 0 Å². The summed E-state index contributed by atoms with van der Waals surface area (Å²) in [6, 6.07) is -0.699. The first-order valence-electron chi connectivity index (χ1n) is 4.41. The standard InChI is InChI=1S/C8H8BFI2O/c9-5-4(10)8(12)2-3-1-7(3,11)6(8)13-5/h3-6H,1-2H2/t3-,4-,5+,6+,7+,8-/m0/s1. The van der Waals surface area contributed by atoms with Crippen LogP contribution >= 0.6 is 45.2 Å². The molecule has 1 heterocycles. The van der Waals surface area contributed by atoms with Crippen molar-refractivity contribution in [3.8, 4) is 0 Å². The van der Waals surface area contributed by atoms with Crippen molar-refractivity contribution in [2.45, 2.75) is 38.0 Å². The molecule has 0 aromatic heterocycles. The minimum Gasteiger partial charge on any atom is -0.379 e. The van der Waals surface area contributed by atoms with Crippen molar-refractivity contribution >= 4 is 53.0 Å². The molecule has 1 saturated heterocycles. The molecular formula is C8H8BFI2O. The Bertz CT molecular complexity index is 279. The van der Waals surface area contributed by atoms with Crippen molar-refractivity contribution in [2.24, 2.45) is 5.92 Å². The van der Waals surface area contributed by atoms with Crippen molar-refractivity contribution in [3.05, 3.63) is 0 Å². The molecule has 0 unspecified atom stereocenters. The molecule has 0 aromatic carbocycles. The van der Waals surface area contributed by atoms with Gasteiger partial charge in [-0.25, -0.2) is 4.39 Å². The monoisotopic (exact) mass is 404 g/mol. The fourth-order valence-electron chi connectivity index (χ4n) is 2.75. The molecule has 0 spiro atoms. The average molecular weight is 404 g/mol. The summed E-state index contributed by atoms with van der Waals surface area (Å²) < 4.78 is 19.2. The predicted molar refractivity (Wildman–Crippen MR) is 65.5 cm³/mol. The summed E-state index contributed by atoms with van der Waals surface area (Å²) in [6.45, 7) is 0. The van der Waals surface area contributed by atoms with Gasteiger partial charge in [-0.1, -0.05) is 45.2 Å². The highest BCUT2D eigenvalue weighted by molar-refractivity contribution is 14.1. The van der Waals surface area contributed by atoms with Crippen LogP contribution in [0.3, 0.4) is 0 Å². The Hall–Kier alpha value is 1.41. The highest BCUT2D eigenvalue weighted by Crippen LogP contribution is 2.71. The quantitative estimate of drug-likeness (QED) is 0.341. The van der Waals surface area contributed by atoms with Gasteiger partial charge in [0.15, 0.2) is 0 Å². The van der Waals surface area contributed by atoms with Gasteiger partial charge in [-0.05, 0) is 18.8 Å². The summed E-state index contributed by atoms with van der Waals surface area (Å²) in [6.07, 6.45) is 1.17. The minimum absolute atomic E-state index is 0.0381. The van der Waals surface area contributed by atoms with Crippen molar-refractivity contribution < 1.29 is 9.13 Å². The molecule has 0 bridgehead atoms. The molecule has 3 aliphatic rings. The molecule has 2 saturated carbocycles. The smallest absolute Gasteiger partial charge is 0.135 e. The number of hydrogen-bond donors (Lipinski definition) is 0. The molecule has 5 heteroatoms. The summed E-state index contributed by atoms with van der Waals surface area (Å²) in [5.74, 6) is 0.667. The van der Waals surface area contributed by atoms with Crippen LogP contribution in [0.15, 0.2) is 0 Å². The molecule has 70 valence electrons. The van der Waals surface area contributed by atoms with Crippen LogP contribution in [-0.4, -0.2) is 33.0 Å². The maximum atomic E-state index is 13.8. The van der Waals surface area contributed by atoms with Gasteiger partial charge in [0.2, 0.25) is 0 Å². The second-order valence-corrected chi connectivity index (χ2v) is 8.36. The molecule has 0 N–H and O–H groups in total. The first-order valence-corrected chi connectivity index (χ1v) is 6.57. The van der Waals surface area contributed by atoms with Crippen LogP contribution in [0.25, 0.3) is 0 Å². The van der Waals surface area contributed by atoms with Gasteiger partial charge in [0.05, 0.1) is 12.9 Å². The van der Waals surface area contributed by atoms with Crippen LogP contribution in [0.4, 0.5) is 4.39 Å². The normalized spacial score (nSPS) is 69.2. The van der Waals surface area contributed by atoms with E-state index in [1.807, 2.05) is 0 Å². The van der Waals surface area contributed by atoms with E-state index < -0.39 is 12.2 Å². The third-order valence-electron chi connectivity index (χ3n) is 3.55. The van der Waals surface area contributed by atoms with Crippen LogP contribution in [0.1, 0.15) is 12.8 Å². The summed E-state index contributed by atoms with van der Waals surface area (Å²) in [5, 5.41) is 0. The number of ether oxygens (including phenoxy) is 1. The topological polar surface area (TPSA) is 9.23 Å².